The number of hydrogen-bond donors (Lipinski definition) is 1. The Balaban J connectivity index is 1.51. The fourth-order valence-corrected chi connectivity index (χ4v) is 3.07. The van der Waals surface area contributed by atoms with Gasteiger partial charge < -0.3 is 14.8 Å². The zero-order valence-electron chi connectivity index (χ0n) is 16.3. The van der Waals surface area contributed by atoms with Gasteiger partial charge in [0.05, 0.1) is 6.04 Å². The number of carbonyl (C=O) groups is 2. The number of fused-ring (bicyclic) bond motifs is 1. The molecular formula is C24H25NO3. The lowest BCUT2D eigenvalue weighted by atomic mass is 10.0. The molecule has 0 fully saturated rings. The van der Waals surface area contributed by atoms with Gasteiger partial charge in [0.1, 0.15) is 11.5 Å². The molecule has 0 bridgehead atoms. The van der Waals surface area contributed by atoms with Gasteiger partial charge in [-0.1, -0.05) is 48.5 Å². The zero-order chi connectivity index (χ0) is 19.9. The predicted octanol–water partition coefficient (Wildman–Crippen LogP) is 4.62. The van der Waals surface area contributed by atoms with Gasteiger partial charge >= 0.3 is 0 Å². The van der Waals surface area contributed by atoms with Crippen LogP contribution in [0.25, 0.3) is 10.8 Å². The summed E-state index contributed by atoms with van der Waals surface area (Å²) in [6.07, 6.45) is 1.26. The molecule has 3 aromatic rings. The molecule has 0 saturated carbocycles. The van der Waals surface area contributed by atoms with Gasteiger partial charge in [-0.3, -0.25) is 4.79 Å². The summed E-state index contributed by atoms with van der Waals surface area (Å²) in [5.41, 5.74) is 2.14. The number of ketones is 1. The van der Waals surface area contributed by atoms with E-state index in [0.29, 0.717) is 12.2 Å². The molecule has 0 aliphatic heterocycles. The molecule has 4 heteroatoms. The number of carbonyl (C=O) groups excluding carboxylic acids is 2. The summed E-state index contributed by atoms with van der Waals surface area (Å²) < 4.78 is 5.58. The molecule has 1 amide bonds. The molecule has 0 aromatic heterocycles. The van der Waals surface area contributed by atoms with Crippen molar-refractivity contribution in [3.63, 3.8) is 0 Å². The van der Waals surface area contributed by atoms with E-state index in [2.05, 4.69) is 29.6 Å². The van der Waals surface area contributed by atoms with Crippen molar-refractivity contribution in [2.75, 3.05) is 6.61 Å². The maximum atomic E-state index is 12.2. The number of ether oxygens (including phenoxy) is 1. The van der Waals surface area contributed by atoms with Crippen LogP contribution in [0, 0.1) is 0 Å². The molecule has 28 heavy (non-hydrogen) atoms. The fraction of sp³-hybridized carbons (Fsp3) is 0.250. The highest BCUT2D eigenvalue weighted by Crippen LogP contribution is 2.20. The minimum atomic E-state index is -0.165. The second kappa shape index (κ2) is 9.18. The van der Waals surface area contributed by atoms with E-state index in [1.54, 1.807) is 6.92 Å². The average Bonchev–Trinajstić information content (AvgIpc) is 2.71. The van der Waals surface area contributed by atoms with Crippen molar-refractivity contribution in [3.8, 4) is 5.75 Å². The standard InChI is InChI=1S/C24H25NO3/c1-17(26)7-8-19-9-13-23(14-10-19)28-16-24(27)25-18(2)21-12-11-20-5-3-4-6-22(20)15-21/h3-6,9-15,18H,7-8,16H2,1-2H3,(H,25,27). The quantitative estimate of drug-likeness (QED) is 0.625. The van der Waals surface area contributed by atoms with Crippen LogP contribution in [-0.4, -0.2) is 18.3 Å². The first-order chi connectivity index (χ1) is 13.5. The topological polar surface area (TPSA) is 55.4 Å². The van der Waals surface area contributed by atoms with Crippen molar-refractivity contribution in [3.05, 3.63) is 77.9 Å². The van der Waals surface area contributed by atoms with E-state index in [-0.39, 0.29) is 24.3 Å². The first-order valence-corrected chi connectivity index (χ1v) is 9.50. The third-order valence-electron chi connectivity index (χ3n) is 4.71. The van der Waals surface area contributed by atoms with Gasteiger partial charge in [0, 0.05) is 6.42 Å². The monoisotopic (exact) mass is 375 g/mol. The lowest BCUT2D eigenvalue weighted by Gasteiger charge is -2.15. The summed E-state index contributed by atoms with van der Waals surface area (Å²) in [5, 5.41) is 5.31. The second-order valence-corrected chi connectivity index (χ2v) is 7.03. The average molecular weight is 375 g/mol. The first kappa shape index (κ1) is 19.6. The Labute approximate surface area is 165 Å². The fourth-order valence-electron chi connectivity index (χ4n) is 3.07. The second-order valence-electron chi connectivity index (χ2n) is 7.03. The maximum Gasteiger partial charge on any atom is 0.258 e. The highest BCUT2D eigenvalue weighted by atomic mass is 16.5. The number of aryl methyl sites for hydroxylation is 1. The number of Topliss-reactive ketones (excluding diaryl/α,β-unsaturated/α-hetero) is 1. The number of hydrogen-bond acceptors (Lipinski definition) is 3. The van der Waals surface area contributed by atoms with E-state index < -0.39 is 0 Å². The highest BCUT2D eigenvalue weighted by Gasteiger charge is 2.11. The summed E-state index contributed by atoms with van der Waals surface area (Å²) >= 11 is 0. The molecule has 0 heterocycles. The molecule has 1 atom stereocenters. The first-order valence-electron chi connectivity index (χ1n) is 9.50. The molecule has 3 rings (SSSR count). The zero-order valence-corrected chi connectivity index (χ0v) is 16.3. The summed E-state index contributed by atoms with van der Waals surface area (Å²) in [7, 11) is 0. The minimum absolute atomic E-state index is 0.0370. The van der Waals surface area contributed by atoms with Crippen LogP contribution in [0.15, 0.2) is 66.7 Å². The van der Waals surface area contributed by atoms with Gasteiger partial charge in [-0.15, -0.1) is 0 Å². The Morgan fingerprint density at radius 1 is 0.964 bits per heavy atom. The van der Waals surface area contributed by atoms with Gasteiger partial charge in [0.2, 0.25) is 0 Å². The lowest BCUT2D eigenvalue weighted by Crippen LogP contribution is -2.31. The van der Waals surface area contributed by atoms with E-state index in [4.69, 9.17) is 4.74 Å². The molecule has 144 valence electrons. The van der Waals surface area contributed by atoms with Crippen LogP contribution in [0.2, 0.25) is 0 Å². The van der Waals surface area contributed by atoms with Gasteiger partial charge in [-0.05, 0) is 60.4 Å². The molecule has 1 unspecified atom stereocenters. The summed E-state index contributed by atoms with van der Waals surface area (Å²) in [6.45, 7) is 3.52. The number of amides is 1. The Morgan fingerprint density at radius 3 is 2.39 bits per heavy atom. The molecule has 0 aliphatic rings. The van der Waals surface area contributed by atoms with Crippen LogP contribution in [0.1, 0.15) is 37.4 Å². The number of rotatable bonds is 8. The number of benzene rings is 3. The van der Waals surface area contributed by atoms with Crippen molar-refractivity contribution < 1.29 is 14.3 Å². The van der Waals surface area contributed by atoms with Crippen LogP contribution in [-0.2, 0) is 16.0 Å². The molecule has 0 radical (unpaired) electrons. The van der Waals surface area contributed by atoms with E-state index in [1.165, 1.54) is 5.39 Å². The largest absolute Gasteiger partial charge is 0.484 e. The third-order valence-corrected chi connectivity index (χ3v) is 4.71. The molecule has 0 spiro atoms. The van der Waals surface area contributed by atoms with Crippen molar-refractivity contribution in [2.45, 2.75) is 32.7 Å². The van der Waals surface area contributed by atoms with Crippen molar-refractivity contribution in [1.29, 1.82) is 0 Å². The van der Waals surface area contributed by atoms with Gasteiger partial charge in [-0.2, -0.15) is 0 Å². The summed E-state index contributed by atoms with van der Waals surface area (Å²) in [4.78, 5) is 23.3. The third kappa shape index (κ3) is 5.43. The van der Waals surface area contributed by atoms with Crippen molar-refractivity contribution in [1.82, 2.24) is 5.32 Å². The Morgan fingerprint density at radius 2 is 1.68 bits per heavy atom. The smallest absolute Gasteiger partial charge is 0.258 e. The maximum absolute atomic E-state index is 12.2. The SMILES string of the molecule is CC(=O)CCc1ccc(OCC(=O)NC(C)c2ccc3ccccc3c2)cc1. The Bertz CT molecular complexity index is 963. The Hall–Kier alpha value is -3.14. The van der Waals surface area contributed by atoms with E-state index in [1.807, 2.05) is 49.4 Å². The van der Waals surface area contributed by atoms with Gasteiger partial charge in [-0.25, -0.2) is 0 Å². The summed E-state index contributed by atoms with van der Waals surface area (Å²) in [6, 6.07) is 21.8. The molecule has 3 aromatic carbocycles. The Kier molecular flexibility index (Phi) is 6.43. The molecule has 0 aliphatic carbocycles. The highest BCUT2D eigenvalue weighted by molar-refractivity contribution is 5.83. The van der Waals surface area contributed by atoms with Gasteiger partial charge in [0.25, 0.3) is 5.91 Å². The summed E-state index contributed by atoms with van der Waals surface area (Å²) in [5.74, 6) is 0.652. The van der Waals surface area contributed by atoms with Crippen molar-refractivity contribution in [2.24, 2.45) is 0 Å². The minimum Gasteiger partial charge on any atom is -0.484 e. The van der Waals surface area contributed by atoms with Crippen molar-refractivity contribution >= 4 is 22.5 Å². The van der Waals surface area contributed by atoms with Crippen LogP contribution >= 0.6 is 0 Å². The van der Waals surface area contributed by atoms with Crippen LogP contribution in [0.3, 0.4) is 0 Å². The molecule has 1 N–H and O–H groups in total. The predicted molar refractivity (Wildman–Crippen MR) is 111 cm³/mol. The van der Waals surface area contributed by atoms with E-state index in [0.717, 1.165) is 22.9 Å². The lowest BCUT2D eigenvalue weighted by molar-refractivity contribution is -0.123. The van der Waals surface area contributed by atoms with Gasteiger partial charge in [0.15, 0.2) is 6.61 Å². The van der Waals surface area contributed by atoms with E-state index >= 15 is 0 Å². The molecular weight excluding hydrogens is 350 g/mol. The number of nitrogens with one attached hydrogen (secondary N) is 1. The molecule has 0 saturated heterocycles. The van der Waals surface area contributed by atoms with E-state index in [9.17, 15) is 9.59 Å². The van der Waals surface area contributed by atoms with Crippen LogP contribution in [0.5, 0.6) is 5.75 Å². The molecule has 4 nitrogen and oxygen atoms in total. The van der Waals surface area contributed by atoms with Crippen LogP contribution in [0.4, 0.5) is 0 Å². The van der Waals surface area contributed by atoms with Crippen LogP contribution < -0.4 is 10.1 Å². The normalized spacial score (nSPS) is 11.8.